The summed E-state index contributed by atoms with van der Waals surface area (Å²) in [6.45, 7) is 0.848. The second-order valence-corrected chi connectivity index (χ2v) is 4.00. The molecule has 0 aromatic carbocycles. The van der Waals surface area contributed by atoms with Crippen LogP contribution in [0.1, 0.15) is 25.7 Å². The van der Waals surface area contributed by atoms with E-state index >= 15 is 0 Å². The predicted molar refractivity (Wildman–Crippen MR) is 67.2 cm³/mol. The van der Waals surface area contributed by atoms with Gasteiger partial charge in [0.25, 0.3) is 0 Å². The third-order valence-corrected chi connectivity index (χ3v) is 2.65. The van der Waals surface area contributed by atoms with Gasteiger partial charge in [0.1, 0.15) is 0 Å². The molecule has 0 bridgehead atoms. The Morgan fingerprint density at radius 2 is 1.75 bits per heavy atom. The van der Waals surface area contributed by atoms with E-state index in [-0.39, 0.29) is 0 Å². The summed E-state index contributed by atoms with van der Waals surface area (Å²) in [5.74, 6) is 0. The quantitative estimate of drug-likeness (QED) is 0.487. The van der Waals surface area contributed by atoms with Crippen LogP contribution in [-0.2, 0) is 0 Å². The highest BCUT2D eigenvalue weighted by Gasteiger charge is 1.97. The smallest absolute Gasteiger partial charge is 0.0458 e. The summed E-state index contributed by atoms with van der Waals surface area (Å²) < 4.78 is 0. The largest absolute Gasteiger partial charge is 0.309 e. The zero-order chi connectivity index (χ0) is 11.1. The molecular formula is C13H19N3. The summed E-state index contributed by atoms with van der Waals surface area (Å²) in [7, 11) is 0. The van der Waals surface area contributed by atoms with Crippen molar-refractivity contribution in [2.24, 2.45) is 0 Å². The molecule has 0 aliphatic heterocycles. The number of nitrogens with one attached hydrogen (secondary N) is 3. The maximum absolute atomic E-state index is 3.15. The van der Waals surface area contributed by atoms with E-state index in [0.29, 0.717) is 0 Å². The van der Waals surface area contributed by atoms with Crippen molar-refractivity contribution in [1.29, 1.82) is 0 Å². The van der Waals surface area contributed by atoms with E-state index in [1.807, 2.05) is 0 Å². The maximum Gasteiger partial charge on any atom is 0.0458 e. The van der Waals surface area contributed by atoms with Gasteiger partial charge in [-0.2, -0.15) is 5.53 Å². The van der Waals surface area contributed by atoms with Gasteiger partial charge in [0.05, 0.1) is 0 Å². The average Bonchev–Trinajstić information content (AvgIpc) is 2.37. The molecule has 0 atom stereocenters. The first-order valence-electron chi connectivity index (χ1n) is 5.91. The number of hydrogen-bond donors (Lipinski definition) is 3. The highest BCUT2D eigenvalue weighted by atomic mass is 15.6. The van der Waals surface area contributed by atoms with Crippen molar-refractivity contribution in [2.75, 3.05) is 6.54 Å². The molecule has 3 heteroatoms. The maximum atomic E-state index is 3.15. The van der Waals surface area contributed by atoms with Crippen molar-refractivity contribution in [3.63, 3.8) is 0 Å². The molecule has 3 nitrogen and oxygen atoms in total. The molecule has 0 amide bonds. The molecule has 0 radical (unpaired) electrons. The Labute approximate surface area is 96.9 Å². The monoisotopic (exact) mass is 217 g/mol. The fourth-order valence-corrected chi connectivity index (χ4v) is 1.77. The van der Waals surface area contributed by atoms with Crippen molar-refractivity contribution in [2.45, 2.75) is 25.7 Å². The van der Waals surface area contributed by atoms with Gasteiger partial charge in [0, 0.05) is 12.2 Å². The molecule has 0 aromatic heterocycles. The third kappa shape index (κ3) is 3.68. The molecular weight excluding hydrogens is 198 g/mol. The Kier molecular flexibility index (Phi) is 4.40. The normalized spacial score (nSPS) is 19.2. The van der Waals surface area contributed by atoms with Crippen LogP contribution in [0.25, 0.3) is 0 Å². The summed E-state index contributed by atoms with van der Waals surface area (Å²) in [4.78, 5) is 0. The minimum atomic E-state index is 0.848. The molecule has 0 saturated heterocycles. The summed E-state index contributed by atoms with van der Waals surface area (Å²) in [5.41, 5.74) is 11.8. The first-order valence-corrected chi connectivity index (χ1v) is 5.91. The first kappa shape index (κ1) is 11.2. The van der Waals surface area contributed by atoms with Crippen LogP contribution in [-0.4, -0.2) is 6.54 Å². The van der Waals surface area contributed by atoms with Gasteiger partial charge in [-0.05, 0) is 37.3 Å². The molecule has 86 valence electrons. The van der Waals surface area contributed by atoms with E-state index in [1.54, 1.807) is 0 Å². The Hall–Kier alpha value is -1.32. The van der Waals surface area contributed by atoms with Gasteiger partial charge in [-0.1, -0.05) is 30.4 Å². The lowest BCUT2D eigenvalue weighted by Gasteiger charge is -2.13. The fraction of sp³-hybridized carbons (Fsp3) is 0.385. The predicted octanol–water partition coefficient (Wildman–Crippen LogP) is 2.10. The number of hydrogen-bond acceptors (Lipinski definition) is 3. The zero-order valence-electron chi connectivity index (χ0n) is 9.50. The number of rotatable bonds is 5. The lowest BCUT2D eigenvalue weighted by atomic mass is 10.1. The van der Waals surface area contributed by atoms with Gasteiger partial charge in [-0.15, -0.1) is 0 Å². The highest BCUT2D eigenvalue weighted by Crippen LogP contribution is 2.08. The lowest BCUT2D eigenvalue weighted by molar-refractivity contribution is 0.498. The minimum Gasteiger partial charge on any atom is -0.309 e. The summed E-state index contributed by atoms with van der Waals surface area (Å²) >= 11 is 0. The molecule has 2 rings (SSSR count). The third-order valence-electron chi connectivity index (χ3n) is 2.65. The fourth-order valence-electron chi connectivity index (χ4n) is 1.77. The van der Waals surface area contributed by atoms with E-state index in [0.717, 1.165) is 31.5 Å². The van der Waals surface area contributed by atoms with Crippen LogP contribution in [0.5, 0.6) is 0 Å². The molecule has 0 spiro atoms. The molecule has 0 fully saturated rings. The van der Waals surface area contributed by atoms with Crippen molar-refractivity contribution in [3.05, 3.63) is 47.7 Å². The van der Waals surface area contributed by atoms with Crippen LogP contribution >= 0.6 is 0 Å². The van der Waals surface area contributed by atoms with Crippen LogP contribution < -0.4 is 16.4 Å². The topological polar surface area (TPSA) is 36.1 Å². The molecule has 3 N–H and O–H groups in total. The van der Waals surface area contributed by atoms with Crippen LogP contribution in [0.3, 0.4) is 0 Å². The van der Waals surface area contributed by atoms with E-state index in [2.05, 4.69) is 52.8 Å². The van der Waals surface area contributed by atoms with Crippen molar-refractivity contribution in [1.82, 2.24) is 16.4 Å². The molecule has 2 aliphatic rings. The van der Waals surface area contributed by atoms with Gasteiger partial charge in [-0.3, -0.25) is 0 Å². The second-order valence-electron chi connectivity index (χ2n) is 4.00. The van der Waals surface area contributed by atoms with E-state index in [1.165, 1.54) is 12.0 Å². The van der Waals surface area contributed by atoms with Crippen molar-refractivity contribution >= 4 is 0 Å². The second kappa shape index (κ2) is 6.30. The van der Waals surface area contributed by atoms with Gasteiger partial charge >= 0.3 is 0 Å². The highest BCUT2D eigenvalue weighted by molar-refractivity contribution is 5.23. The van der Waals surface area contributed by atoms with E-state index in [4.69, 9.17) is 0 Å². The first-order chi connectivity index (χ1) is 7.95. The van der Waals surface area contributed by atoms with Gasteiger partial charge < -0.3 is 5.43 Å². The SMILES string of the molecule is C1=CC(CNNNC2=CCCC=C2)=CCC1. The molecule has 0 aromatic rings. The summed E-state index contributed by atoms with van der Waals surface area (Å²) in [6.07, 6.45) is 17.7. The average molecular weight is 217 g/mol. The summed E-state index contributed by atoms with van der Waals surface area (Å²) in [6, 6.07) is 0. The Bertz CT molecular complexity index is 303. The van der Waals surface area contributed by atoms with Gasteiger partial charge in [-0.25, -0.2) is 5.43 Å². The van der Waals surface area contributed by atoms with Gasteiger partial charge in [0.15, 0.2) is 0 Å². The molecule has 2 aliphatic carbocycles. The molecule has 0 unspecified atom stereocenters. The van der Waals surface area contributed by atoms with E-state index < -0.39 is 0 Å². The Morgan fingerprint density at radius 1 is 0.938 bits per heavy atom. The molecule has 0 heterocycles. The molecule has 0 saturated carbocycles. The van der Waals surface area contributed by atoms with Crippen molar-refractivity contribution in [3.8, 4) is 0 Å². The zero-order valence-corrected chi connectivity index (χ0v) is 9.50. The van der Waals surface area contributed by atoms with E-state index in [9.17, 15) is 0 Å². The number of hydrazine groups is 2. The standard InChI is InChI=1S/C13H19N3/c1-3-7-12(8-4-1)11-14-16-15-13-9-5-2-6-10-13/h3,5,7-10,14-16H,1-2,4,6,11H2. The van der Waals surface area contributed by atoms with Crippen LogP contribution in [0, 0.1) is 0 Å². The summed E-state index contributed by atoms with van der Waals surface area (Å²) in [5, 5.41) is 0. The minimum absolute atomic E-state index is 0.848. The lowest BCUT2D eigenvalue weighted by Crippen LogP contribution is -2.43. The number of allylic oxidation sites excluding steroid dienone is 5. The van der Waals surface area contributed by atoms with Crippen molar-refractivity contribution < 1.29 is 0 Å². The van der Waals surface area contributed by atoms with Crippen LogP contribution in [0.15, 0.2) is 47.7 Å². The van der Waals surface area contributed by atoms with Crippen LogP contribution in [0.4, 0.5) is 0 Å². The van der Waals surface area contributed by atoms with Gasteiger partial charge in [0.2, 0.25) is 0 Å². The molecule has 16 heavy (non-hydrogen) atoms. The Morgan fingerprint density at radius 3 is 2.44 bits per heavy atom. The Balaban J connectivity index is 1.61. The van der Waals surface area contributed by atoms with Crippen LogP contribution in [0.2, 0.25) is 0 Å².